The Morgan fingerprint density at radius 3 is 2.31 bits per heavy atom. The quantitative estimate of drug-likeness (QED) is 0.427. The van der Waals surface area contributed by atoms with Gasteiger partial charge in [-0.1, -0.05) is 41.9 Å². The zero-order valence-corrected chi connectivity index (χ0v) is 19.1. The van der Waals surface area contributed by atoms with Gasteiger partial charge in [0.15, 0.2) is 0 Å². The number of carbonyl (C=O) groups excluding carboxylic acids is 2. The van der Waals surface area contributed by atoms with Crippen LogP contribution in [0.15, 0.2) is 72.8 Å². The topological polar surface area (TPSA) is 49.4 Å². The molecule has 0 heterocycles. The molecule has 1 aliphatic rings. The molecule has 0 bridgehead atoms. The molecule has 0 unspecified atom stereocenters. The monoisotopic (exact) mass is 490 g/mol. The molecular weight excluding hydrogens is 474 g/mol. The number of amides is 2. The molecular formula is C24H18Cl3FN2O2. The Labute approximate surface area is 199 Å². The molecule has 4 rings (SSSR count). The Balaban J connectivity index is 1.52. The summed E-state index contributed by atoms with van der Waals surface area (Å²) in [5.74, 6) is -2.12. The lowest BCUT2D eigenvalue weighted by atomic mass is 10.1. The van der Waals surface area contributed by atoms with E-state index < -0.39 is 22.0 Å². The van der Waals surface area contributed by atoms with Gasteiger partial charge in [-0.15, -0.1) is 23.2 Å². The molecule has 3 aromatic carbocycles. The predicted octanol–water partition coefficient (Wildman–Crippen LogP) is 6.28. The fourth-order valence-electron chi connectivity index (χ4n) is 3.68. The molecule has 2 atom stereocenters. The summed E-state index contributed by atoms with van der Waals surface area (Å²) in [5.41, 5.74) is 1.96. The second kappa shape index (κ2) is 8.74. The van der Waals surface area contributed by atoms with Crippen LogP contribution in [-0.2, 0) is 4.79 Å². The number of anilines is 2. The molecule has 0 saturated heterocycles. The zero-order valence-electron chi connectivity index (χ0n) is 16.9. The first-order chi connectivity index (χ1) is 15.2. The van der Waals surface area contributed by atoms with E-state index in [0.717, 1.165) is 5.56 Å². The Hall–Kier alpha value is -2.60. The average Bonchev–Trinajstić information content (AvgIpc) is 3.37. The Morgan fingerprint density at radius 1 is 1.00 bits per heavy atom. The number of nitrogens with zero attached hydrogens (tertiary/aromatic N) is 1. The van der Waals surface area contributed by atoms with E-state index in [-0.39, 0.29) is 22.4 Å². The van der Waals surface area contributed by atoms with Crippen LogP contribution in [0.3, 0.4) is 0 Å². The van der Waals surface area contributed by atoms with E-state index in [1.165, 1.54) is 41.3 Å². The van der Waals surface area contributed by atoms with Crippen LogP contribution in [-0.4, -0.2) is 23.2 Å². The highest BCUT2D eigenvalue weighted by Gasteiger charge is 2.67. The minimum absolute atomic E-state index is 0.190. The molecule has 164 valence electrons. The molecule has 4 nitrogen and oxygen atoms in total. The van der Waals surface area contributed by atoms with E-state index in [4.69, 9.17) is 34.8 Å². The fraction of sp³-hybridized carbons (Fsp3) is 0.167. The molecule has 0 aromatic heterocycles. The van der Waals surface area contributed by atoms with Gasteiger partial charge in [0.1, 0.15) is 10.2 Å². The maximum Gasteiger partial charge on any atom is 0.259 e. The van der Waals surface area contributed by atoms with Gasteiger partial charge in [-0.05, 0) is 48.0 Å². The Morgan fingerprint density at radius 2 is 1.66 bits per heavy atom. The van der Waals surface area contributed by atoms with Crippen LogP contribution < -0.4 is 10.2 Å². The van der Waals surface area contributed by atoms with Gasteiger partial charge in [0.2, 0.25) is 5.91 Å². The van der Waals surface area contributed by atoms with Crippen molar-refractivity contribution in [1.29, 1.82) is 0 Å². The summed E-state index contributed by atoms with van der Waals surface area (Å²) in [5, 5.41) is 3.00. The van der Waals surface area contributed by atoms with Crippen LogP contribution in [0.4, 0.5) is 15.8 Å². The minimum Gasteiger partial charge on any atom is -0.326 e. The molecule has 2 amide bonds. The van der Waals surface area contributed by atoms with Crippen LogP contribution in [0.5, 0.6) is 0 Å². The number of carbonyl (C=O) groups is 2. The standard InChI is InChI=1S/C24H18Cl3FN2O2/c1-30(17-10-7-15(28)8-11-17)23(32)18-13-16(9-12-19(18)25)29-22(31)21-20(24(21,26)27)14-5-3-2-4-6-14/h2-13,20-21H,1H3,(H,29,31)/t20-,21+/m1/s1. The maximum absolute atomic E-state index is 13.2. The van der Waals surface area contributed by atoms with E-state index in [1.807, 2.05) is 30.3 Å². The van der Waals surface area contributed by atoms with Gasteiger partial charge in [-0.25, -0.2) is 4.39 Å². The Bertz CT molecular complexity index is 1170. The lowest BCUT2D eigenvalue weighted by Gasteiger charge is -2.18. The first kappa shape index (κ1) is 22.6. The summed E-state index contributed by atoms with van der Waals surface area (Å²) in [4.78, 5) is 27.2. The van der Waals surface area contributed by atoms with Crippen LogP contribution in [0.1, 0.15) is 21.8 Å². The highest BCUT2D eigenvalue weighted by molar-refractivity contribution is 6.53. The first-order valence-electron chi connectivity index (χ1n) is 9.77. The van der Waals surface area contributed by atoms with E-state index in [1.54, 1.807) is 13.1 Å². The molecule has 8 heteroatoms. The van der Waals surface area contributed by atoms with Gasteiger partial charge in [0.25, 0.3) is 5.91 Å². The van der Waals surface area contributed by atoms with Crippen molar-refractivity contribution >= 4 is 58.0 Å². The van der Waals surface area contributed by atoms with E-state index in [0.29, 0.717) is 11.4 Å². The van der Waals surface area contributed by atoms with Crippen molar-refractivity contribution in [2.75, 3.05) is 17.3 Å². The smallest absolute Gasteiger partial charge is 0.259 e. The summed E-state index contributed by atoms with van der Waals surface area (Å²) in [6.07, 6.45) is 0. The van der Waals surface area contributed by atoms with E-state index in [2.05, 4.69) is 5.32 Å². The fourth-order valence-corrected chi connectivity index (χ4v) is 4.70. The van der Waals surface area contributed by atoms with E-state index in [9.17, 15) is 14.0 Å². The largest absolute Gasteiger partial charge is 0.326 e. The van der Waals surface area contributed by atoms with Crippen molar-refractivity contribution in [3.05, 3.63) is 94.8 Å². The van der Waals surface area contributed by atoms with Crippen LogP contribution in [0.25, 0.3) is 0 Å². The number of alkyl halides is 2. The Kier molecular flexibility index (Phi) is 6.17. The summed E-state index contributed by atoms with van der Waals surface area (Å²) in [7, 11) is 1.56. The van der Waals surface area contributed by atoms with Crippen molar-refractivity contribution in [1.82, 2.24) is 0 Å². The van der Waals surface area contributed by atoms with Gasteiger partial charge in [-0.3, -0.25) is 9.59 Å². The highest BCUT2D eigenvalue weighted by Crippen LogP contribution is 2.65. The van der Waals surface area contributed by atoms with Gasteiger partial charge < -0.3 is 10.2 Å². The van der Waals surface area contributed by atoms with Crippen molar-refractivity contribution in [2.24, 2.45) is 5.92 Å². The number of rotatable bonds is 5. The molecule has 1 fully saturated rings. The van der Waals surface area contributed by atoms with Crippen LogP contribution in [0, 0.1) is 11.7 Å². The maximum atomic E-state index is 13.2. The lowest BCUT2D eigenvalue weighted by Crippen LogP contribution is -2.26. The number of halogens is 4. The summed E-state index contributed by atoms with van der Waals surface area (Å²) in [6.45, 7) is 0. The third-order valence-corrected chi connectivity index (χ3v) is 6.75. The molecule has 0 spiro atoms. The summed E-state index contributed by atoms with van der Waals surface area (Å²) < 4.78 is 12.0. The predicted molar refractivity (Wildman–Crippen MR) is 126 cm³/mol. The molecule has 3 aromatic rings. The van der Waals surface area contributed by atoms with Crippen LogP contribution >= 0.6 is 34.8 Å². The molecule has 1 N–H and O–H groups in total. The summed E-state index contributed by atoms with van der Waals surface area (Å²) >= 11 is 19.0. The summed E-state index contributed by atoms with van der Waals surface area (Å²) in [6, 6.07) is 19.5. The van der Waals surface area contributed by atoms with Gasteiger partial charge in [-0.2, -0.15) is 0 Å². The average molecular weight is 492 g/mol. The zero-order chi connectivity index (χ0) is 23.0. The third kappa shape index (κ3) is 4.33. The molecule has 1 saturated carbocycles. The van der Waals surface area contributed by atoms with Crippen molar-refractivity contribution in [2.45, 2.75) is 10.3 Å². The van der Waals surface area contributed by atoms with Crippen molar-refractivity contribution < 1.29 is 14.0 Å². The van der Waals surface area contributed by atoms with Gasteiger partial charge in [0.05, 0.1) is 16.5 Å². The molecule has 0 radical (unpaired) electrons. The number of benzene rings is 3. The SMILES string of the molecule is CN(C(=O)c1cc(NC(=O)[C@@H]2[C@@H](c3ccccc3)C2(Cl)Cl)ccc1Cl)c1ccc(F)cc1. The second-order valence-electron chi connectivity index (χ2n) is 7.57. The molecule has 1 aliphatic carbocycles. The highest BCUT2D eigenvalue weighted by atomic mass is 35.5. The number of hydrogen-bond donors (Lipinski definition) is 1. The number of nitrogens with one attached hydrogen (secondary N) is 1. The first-order valence-corrected chi connectivity index (χ1v) is 10.9. The van der Waals surface area contributed by atoms with E-state index >= 15 is 0 Å². The van der Waals surface area contributed by atoms with Gasteiger partial charge >= 0.3 is 0 Å². The second-order valence-corrected chi connectivity index (χ2v) is 9.42. The minimum atomic E-state index is -1.21. The lowest BCUT2D eigenvalue weighted by molar-refractivity contribution is -0.117. The van der Waals surface area contributed by atoms with Crippen molar-refractivity contribution in [3.8, 4) is 0 Å². The van der Waals surface area contributed by atoms with Crippen molar-refractivity contribution in [3.63, 3.8) is 0 Å². The van der Waals surface area contributed by atoms with Gasteiger partial charge in [0, 0.05) is 24.3 Å². The van der Waals surface area contributed by atoms with Crippen LogP contribution in [0.2, 0.25) is 5.02 Å². The molecule has 32 heavy (non-hydrogen) atoms. The third-order valence-electron chi connectivity index (χ3n) is 5.48. The normalized spacial score (nSPS) is 18.7. The number of hydrogen-bond acceptors (Lipinski definition) is 2. The molecule has 0 aliphatic heterocycles.